The molecule has 0 bridgehead atoms. The molecule has 0 atom stereocenters. The van der Waals surface area contributed by atoms with Crippen LogP contribution in [-0.2, 0) is 0 Å². The number of piperidine rings is 1. The molecule has 1 aliphatic heterocycles. The van der Waals surface area contributed by atoms with Crippen molar-refractivity contribution < 1.29 is 9.90 Å². The number of hydrogen-bond donors (Lipinski definition) is 2. The molecule has 0 unspecified atom stereocenters. The number of aliphatic hydroxyl groups is 1. The number of hydrogen-bond acceptors (Lipinski definition) is 3. The predicted octanol–water partition coefficient (Wildman–Crippen LogP) is -0.546. The molecule has 3 N–H and O–H groups in total. The number of nitrogens with zero attached hydrogens (tertiary/aromatic N) is 2. The molecular weight excluding hydrogens is 182 g/mol. The third-order valence-corrected chi connectivity index (χ3v) is 2.73. The highest BCUT2D eigenvalue weighted by molar-refractivity contribution is 5.73. The molecule has 1 saturated heterocycles. The molecule has 0 aromatic rings. The molecule has 1 heterocycles. The van der Waals surface area contributed by atoms with E-state index in [1.807, 2.05) is 0 Å². The fourth-order valence-corrected chi connectivity index (χ4v) is 1.58. The molecule has 0 aliphatic carbocycles. The molecule has 1 fully saturated rings. The van der Waals surface area contributed by atoms with E-state index < -0.39 is 5.54 Å². The van der Waals surface area contributed by atoms with Crippen molar-refractivity contribution in [1.29, 1.82) is 0 Å². The van der Waals surface area contributed by atoms with Crippen molar-refractivity contribution in [2.45, 2.75) is 18.4 Å². The number of likely N-dealkylation sites (tertiary alicyclic amines) is 1. The summed E-state index contributed by atoms with van der Waals surface area (Å²) >= 11 is 0. The summed E-state index contributed by atoms with van der Waals surface area (Å²) in [5.41, 5.74) is 5.41. The molecule has 0 aromatic heterocycles. The van der Waals surface area contributed by atoms with Crippen molar-refractivity contribution in [3.8, 4) is 0 Å². The van der Waals surface area contributed by atoms with Gasteiger partial charge in [0, 0.05) is 32.7 Å². The van der Waals surface area contributed by atoms with E-state index in [4.69, 9.17) is 10.8 Å². The van der Waals surface area contributed by atoms with Crippen LogP contribution in [0.15, 0.2) is 0 Å². The summed E-state index contributed by atoms with van der Waals surface area (Å²) in [5, 5.41) is 9.05. The van der Waals surface area contributed by atoms with E-state index in [0.29, 0.717) is 25.9 Å². The van der Waals surface area contributed by atoms with Gasteiger partial charge in [-0.15, -0.1) is 0 Å². The lowest BCUT2D eigenvalue weighted by Gasteiger charge is -2.38. The summed E-state index contributed by atoms with van der Waals surface area (Å²) in [5.74, 6) is 0. The quantitative estimate of drug-likeness (QED) is 0.598. The topological polar surface area (TPSA) is 69.8 Å². The SMILES string of the molecule is CN(C)C(=O)N1CCC(N)(CO)CC1. The van der Waals surface area contributed by atoms with Gasteiger partial charge in [-0.05, 0) is 12.8 Å². The fraction of sp³-hybridized carbons (Fsp3) is 0.889. The van der Waals surface area contributed by atoms with Gasteiger partial charge in [-0.2, -0.15) is 0 Å². The van der Waals surface area contributed by atoms with Crippen LogP contribution in [0.5, 0.6) is 0 Å². The zero-order valence-electron chi connectivity index (χ0n) is 8.86. The zero-order valence-corrected chi connectivity index (χ0v) is 8.86. The van der Waals surface area contributed by atoms with Gasteiger partial charge >= 0.3 is 6.03 Å². The van der Waals surface area contributed by atoms with Gasteiger partial charge in [-0.3, -0.25) is 0 Å². The lowest BCUT2D eigenvalue weighted by Crippen LogP contribution is -2.55. The predicted molar refractivity (Wildman–Crippen MR) is 53.9 cm³/mol. The van der Waals surface area contributed by atoms with Crippen LogP contribution < -0.4 is 5.73 Å². The highest BCUT2D eigenvalue weighted by Crippen LogP contribution is 2.19. The van der Waals surface area contributed by atoms with Crippen LogP contribution in [0.25, 0.3) is 0 Å². The summed E-state index contributed by atoms with van der Waals surface area (Å²) in [6.45, 7) is 1.26. The van der Waals surface area contributed by atoms with Gasteiger partial charge in [-0.1, -0.05) is 0 Å². The number of urea groups is 1. The Morgan fingerprint density at radius 2 is 2.00 bits per heavy atom. The third kappa shape index (κ3) is 2.36. The fourth-order valence-electron chi connectivity index (χ4n) is 1.58. The van der Waals surface area contributed by atoms with Crippen molar-refractivity contribution in [2.24, 2.45) is 5.73 Å². The van der Waals surface area contributed by atoms with Crippen LogP contribution in [0.4, 0.5) is 4.79 Å². The van der Waals surface area contributed by atoms with Gasteiger partial charge in [0.2, 0.25) is 0 Å². The normalized spacial score (nSPS) is 20.7. The maximum absolute atomic E-state index is 11.5. The molecule has 5 nitrogen and oxygen atoms in total. The first-order valence-electron chi connectivity index (χ1n) is 4.84. The number of aliphatic hydroxyl groups excluding tert-OH is 1. The van der Waals surface area contributed by atoms with Gasteiger partial charge in [-0.25, -0.2) is 4.79 Å². The molecule has 1 aliphatic rings. The second-order valence-corrected chi connectivity index (χ2v) is 4.18. The van der Waals surface area contributed by atoms with E-state index in [2.05, 4.69) is 0 Å². The molecule has 1 rings (SSSR count). The van der Waals surface area contributed by atoms with Crippen molar-refractivity contribution >= 4 is 6.03 Å². The van der Waals surface area contributed by atoms with E-state index in [0.717, 1.165) is 0 Å². The summed E-state index contributed by atoms with van der Waals surface area (Å²) in [6.07, 6.45) is 1.34. The van der Waals surface area contributed by atoms with Crippen LogP contribution in [0, 0.1) is 0 Å². The molecule has 2 amide bonds. The Bertz CT molecular complexity index is 210. The van der Waals surface area contributed by atoms with Crippen molar-refractivity contribution in [2.75, 3.05) is 33.8 Å². The number of nitrogens with two attached hydrogens (primary N) is 1. The molecule has 82 valence electrons. The van der Waals surface area contributed by atoms with Crippen LogP contribution in [-0.4, -0.2) is 60.3 Å². The van der Waals surface area contributed by atoms with E-state index in [-0.39, 0.29) is 12.6 Å². The van der Waals surface area contributed by atoms with Gasteiger partial charge < -0.3 is 20.6 Å². The number of rotatable bonds is 1. The Morgan fingerprint density at radius 3 is 2.36 bits per heavy atom. The maximum atomic E-state index is 11.5. The van der Waals surface area contributed by atoms with Crippen molar-refractivity contribution in [3.63, 3.8) is 0 Å². The average molecular weight is 201 g/mol. The first-order valence-corrected chi connectivity index (χ1v) is 4.84. The Kier molecular flexibility index (Phi) is 3.34. The second-order valence-electron chi connectivity index (χ2n) is 4.18. The van der Waals surface area contributed by atoms with Crippen LogP contribution in [0.1, 0.15) is 12.8 Å². The smallest absolute Gasteiger partial charge is 0.319 e. The lowest BCUT2D eigenvalue weighted by molar-refractivity contribution is 0.105. The van der Waals surface area contributed by atoms with E-state index >= 15 is 0 Å². The third-order valence-electron chi connectivity index (χ3n) is 2.73. The largest absolute Gasteiger partial charge is 0.394 e. The zero-order chi connectivity index (χ0) is 10.8. The Balaban J connectivity index is 2.47. The van der Waals surface area contributed by atoms with E-state index in [1.165, 1.54) is 0 Å². The number of carbonyl (C=O) groups is 1. The van der Waals surface area contributed by atoms with Gasteiger partial charge in [0.05, 0.1) is 6.61 Å². The molecule has 0 radical (unpaired) electrons. The first-order chi connectivity index (χ1) is 6.48. The monoisotopic (exact) mass is 201 g/mol. The Labute approximate surface area is 84.5 Å². The standard InChI is InChI=1S/C9H19N3O2/c1-11(2)8(14)12-5-3-9(10,7-13)4-6-12/h13H,3-7,10H2,1-2H3. The lowest BCUT2D eigenvalue weighted by atomic mass is 9.90. The Morgan fingerprint density at radius 1 is 1.50 bits per heavy atom. The molecule has 0 aromatic carbocycles. The van der Waals surface area contributed by atoms with Crippen LogP contribution >= 0.6 is 0 Å². The minimum atomic E-state index is -0.483. The van der Waals surface area contributed by atoms with Gasteiger partial charge in [0.15, 0.2) is 0 Å². The highest BCUT2D eigenvalue weighted by atomic mass is 16.3. The second kappa shape index (κ2) is 4.14. The van der Waals surface area contributed by atoms with Crippen molar-refractivity contribution in [1.82, 2.24) is 9.80 Å². The first kappa shape index (κ1) is 11.3. The highest BCUT2D eigenvalue weighted by Gasteiger charge is 2.32. The number of amides is 2. The van der Waals surface area contributed by atoms with Gasteiger partial charge in [0.25, 0.3) is 0 Å². The maximum Gasteiger partial charge on any atom is 0.319 e. The summed E-state index contributed by atoms with van der Waals surface area (Å²) in [7, 11) is 3.47. The summed E-state index contributed by atoms with van der Waals surface area (Å²) in [6, 6.07) is 0.0185. The molecule has 0 spiro atoms. The van der Waals surface area contributed by atoms with Crippen LogP contribution in [0.2, 0.25) is 0 Å². The van der Waals surface area contributed by atoms with Crippen LogP contribution in [0.3, 0.4) is 0 Å². The number of carbonyl (C=O) groups excluding carboxylic acids is 1. The molecule has 0 saturated carbocycles. The molecule has 5 heteroatoms. The van der Waals surface area contributed by atoms with Gasteiger partial charge in [0.1, 0.15) is 0 Å². The molecule has 14 heavy (non-hydrogen) atoms. The minimum Gasteiger partial charge on any atom is -0.394 e. The summed E-state index contributed by atoms with van der Waals surface area (Å²) < 4.78 is 0. The Hall–Kier alpha value is -0.810. The summed E-state index contributed by atoms with van der Waals surface area (Å²) in [4.78, 5) is 14.9. The average Bonchev–Trinajstić information content (AvgIpc) is 2.18. The van der Waals surface area contributed by atoms with Crippen molar-refractivity contribution in [3.05, 3.63) is 0 Å². The minimum absolute atomic E-state index is 0.00298. The van der Waals surface area contributed by atoms with E-state index in [9.17, 15) is 4.79 Å². The molecular formula is C9H19N3O2. The van der Waals surface area contributed by atoms with E-state index in [1.54, 1.807) is 23.9 Å².